The number of nitrogens with zero attached hydrogens (tertiary/aromatic N) is 2. The van der Waals surface area contributed by atoms with E-state index < -0.39 is 5.97 Å². The molecule has 1 fully saturated rings. The average molecular weight is 216 g/mol. The Bertz CT molecular complexity index is 582. The summed E-state index contributed by atoms with van der Waals surface area (Å²) in [6.07, 6.45) is 5.78. The number of carboxylic acid groups (broad SMARTS) is 1. The lowest BCUT2D eigenvalue weighted by Gasteiger charge is -2.03. The first-order chi connectivity index (χ1) is 7.65. The number of aryl methyl sites for hydroxylation is 1. The number of pyridine rings is 1. The van der Waals surface area contributed by atoms with E-state index in [0.29, 0.717) is 11.5 Å². The van der Waals surface area contributed by atoms with E-state index in [0.717, 1.165) is 29.7 Å². The van der Waals surface area contributed by atoms with Crippen molar-refractivity contribution in [2.24, 2.45) is 0 Å². The van der Waals surface area contributed by atoms with Crippen molar-refractivity contribution in [3.05, 3.63) is 35.3 Å². The van der Waals surface area contributed by atoms with Gasteiger partial charge >= 0.3 is 5.97 Å². The summed E-state index contributed by atoms with van der Waals surface area (Å²) in [5, 5.41) is 9.04. The molecular weight excluding hydrogens is 204 g/mol. The normalized spacial score (nSPS) is 15.6. The number of carboxylic acids is 1. The Hall–Kier alpha value is -1.84. The third kappa shape index (κ3) is 1.38. The summed E-state index contributed by atoms with van der Waals surface area (Å²) in [5.74, 6) is -0.376. The van der Waals surface area contributed by atoms with E-state index >= 15 is 0 Å². The molecule has 2 heterocycles. The maximum absolute atomic E-state index is 11.0. The SMILES string of the molecule is Cc1cn2cc(C(=O)O)cc(C3CC3)c2n1. The van der Waals surface area contributed by atoms with Gasteiger partial charge in [-0.05, 0) is 37.3 Å². The minimum Gasteiger partial charge on any atom is -0.478 e. The molecule has 3 rings (SSSR count). The molecule has 0 unspecified atom stereocenters. The summed E-state index contributed by atoms with van der Waals surface area (Å²) in [5.41, 5.74) is 3.24. The zero-order valence-electron chi connectivity index (χ0n) is 8.97. The Morgan fingerprint density at radius 3 is 2.88 bits per heavy atom. The van der Waals surface area contributed by atoms with Gasteiger partial charge in [-0.1, -0.05) is 0 Å². The quantitative estimate of drug-likeness (QED) is 0.837. The molecule has 1 aliphatic carbocycles. The Morgan fingerprint density at radius 1 is 1.50 bits per heavy atom. The minimum absolute atomic E-state index is 0.340. The Labute approximate surface area is 92.5 Å². The van der Waals surface area contributed by atoms with Gasteiger partial charge in [-0.3, -0.25) is 0 Å². The first-order valence-electron chi connectivity index (χ1n) is 5.37. The highest BCUT2D eigenvalue weighted by Crippen LogP contribution is 2.42. The first kappa shape index (κ1) is 9.39. The molecule has 0 spiro atoms. The minimum atomic E-state index is -0.879. The van der Waals surface area contributed by atoms with Crippen LogP contribution in [-0.2, 0) is 0 Å². The second kappa shape index (κ2) is 3.07. The number of fused-ring (bicyclic) bond motifs is 1. The van der Waals surface area contributed by atoms with E-state index in [2.05, 4.69) is 4.98 Å². The van der Waals surface area contributed by atoms with Crippen molar-refractivity contribution < 1.29 is 9.90 Å². The van der Waals surface area contributed by atoms with E-state index in [9.17, 15) is 4.79 Å². The van der Waals surface area contributed by atoms with Crippen LogP contribution in [0.2, 0.25) is 0 Å². The monoisotopic (exact) mass is 216 g/mol. The van der Waals surface area contributed by atoms with Crippen LogP contribution in [0.15, 0.2) is 18.5 Å². The van der Waals surface area contributed by atoms with Gasteiger partial charge in [-0.15, -0.1) is 0 Å². The van der Waals surface area contributed by atoms with Crippen molar-refractivity contribution in [3.63, 3.8) is 0 Å². The van der Waals surface area contributed by atoms with E-state index in [1.807, 2.05) is 17.5 Å². The van der Waals surface area contributed by atoms with Crippen LogP contribution in [0.4, 0.5) is 0 Å². The molecular formula is C12H12N2O2. The summed E-state index contributed by atoms with van der Waals surface area (Å²) in [4.78, 5) is 15.5. The van der Waals surface area contributed by atoms with Crippen LogP contribution in [0, 0.1) is 6.92 Å². The fraction of sp³-hybridized carbons (Fsp3) is 0.333. The summed E-state index contributed by atoms with van der Waals surface area (Å²) >= 11 is 0. The predicted molar refractivity (Wildman–Crippen MR) is 58.9 cm³/mol. The van der Waals surface area contributed by atoms with Gasteiger partial charge < -0.3 is 9.51 Å². The van der Waals surface area contributed by atoms with Crippen LogP contribution in [-0.4, -0.2) is 20.5 Å². The zero-order valence-corrected chi connectivity index (χ0v) is 8.97. The van der Waals surface area contributed by atoms with Gasteiger partial charge in [0.15, 0.2) is 0 Å². The van der Waals surface area contributed by atoms with Crippen LogP contribution < -0.4 is 0 Å². The molecule has 4 heteroatoms. The van der Waals surface area contributed by atoms with E-state index in [4.69, 9.17) is 5.11 Å². The molecule has 1 aliphatic rings. The van der Waals surface area contributed by atoms with Gasteiger partial charge in [0.1, 0.15) is 5.65 Å². The molecule has 0 radical (unpaired) electrons. The number of rotatable bonds is 2. The molecule has 16 heavy (non-hydrogen) atoms. The molecule has 82 valence electrons. The van der Waals surface area contributed by atoms with E-state index in [-0.39, 0.29) is 0 Å². The summed E-state index contributed by atoms with van der Waals surface area (Å²) in [7, 11) is 0. The highest BCUT2D eigenvalue weighted by molar-refractivity contribution is 5.88. The van der Waals surface area contributed by atoms with Gasteiger partial charge in [0.25, 0.3) is 0 Å². The Morgan fingerprint density at radius 2 is 2.25 bits per heavy atom. The third-order valence-corrected chi connectivity index (χ3v) is 2.96. The van der Waals surface area contributed by atoms with Crippen LogP contribution in [0.25, 0.3) is 5.65 Å². The number of hydrogen-bond acceptors (Lipinski definition) is 2. The number of aromatic carboxylic acids is 1. The number of carbonyl (C=O) groups is 1. The van der Waals surface area contributed by atoms with Gasteiger partial charge in [-0.2, -0.15) is 0 Å². The van der Waals surface area contributed by atoms with E-state index in [1.165, 1.54) is 0 Å². The molecule has 0 amide bonds. The van der Waals surface area contributed by atoms with Gasteiger partial charge in [0, 0.05) is 12.4 Å². The van der Waals surface area contributed by atoms with Crippen molar-refractivity contribution in [2.75, 3.05) is 0 Å². The molecule has 0 aliphatic heterocycles. The molecule has 2 aromatic rings. The number of imidazole rings is 1. The van der Waals surface area contributed by atoms with Crippen LogP contribution in [0.3, 0.4) is 0 Å². The fourth-order valence-electron chi connectivity index (χ4n) is 2.06. The Kier molecular flexibility index (Phi) is 1.80. The molecule has 0 bridgehead atoms. The number of aromatic nitrogens is 2. The zero-order chi connectivity index (χ0) is 11.3. The second-order valence-electron chi connectivity index (χ2n) is 4.38. The van der Waals surface area contributed by atoms with Crippen molar-refractivity contribution in [2.45, 2.75) is 25.7 Å². The van der Waals surface area contributed by atoms with Crippen molar-refractivity contribution in [1.82, 2.24) is 9.38 Å². The van der Waals surface area contributed by atoms with Crippen LogP contribution in [0.1, 0.15) is 40.4 Å². The first-order valence-corrected chi connectivity index (χ1v) is 5.37. The molecule has 4 nitrogen and oxygen atoms in total. The lowest BCUT2D eigenvalue weighted by molar-refractivity contribution is 0.0696. The fourth-order valence-corrected chi connectivity index (χ4v) is 2.06. The molecule has 0 aromatic carbocycles. The van der Waals surface area contributed by atoms with Crippen molar-refractivity contribution in [3.8, 4) is 0 Å². The average Bonchev–Trinajstić information content (AvgIpc) is 2.98. The largest absolute Gasteiger partial charge is 0.478 e. The van der Waals surface area contributed by atoms with Gasteiger partial charge in [0.05, 0.1) is 11.3 Å². The second-order valence-corrected chi connectivity index (χ2v) is 4.38. The number of hydrogen-bond donors (Lipinski definition) is 1. The maximum atomic E-state index is 11.0. The molecule has 0 atom stereocenters. The lowest BCUT2D eigenvalue weighted by atomic mass is 10.1. The van der Waals surface area contributed by atoms with Crippen molar-refractivity contribution in [1.29, 1.82) is 0 Å². The van der Waals surface area contributed by atoms with Gasteiger partial charge in [-0.25, -0.2) is 9.78 Å². The van der Waals surface area contributed by atoms with Gasteiger partial charge in [0.2, 0.25) is 0 Å². The third-order valence-electron chi connectivity index (χ3n) is 2.96. The predicted octanol–water partition coefficient (Wildman–Crippen LogP) is 2.22. The van der Waals surface area contributed by atoms with Crippen LogP contribution in [0.5, 0.6) is 0 Å². The standard InChI is InChI=1S/C12H12N2O2/c1-7-5-14-6-9(12(15)16)4-10(8-2-3-8)11(14)13-7/h4-6,8H,2-3H2,1H3,(H,15,16). The summed E-state index contributed by atoms with van der Waals surface area (Å²) < 4.78 is 1.83. The van der Waals surface area contributed by atoms with Crippen LogP contribution >= 0.6 is 0 Å². The van der Waals surface area contributed by atoms with E-state index in [1.54, 1.807) is 12.3 Å². The topological polar surface area (TPSA) is 54.6 Å². The van der Waals surface area contributed by atoms with Crippen molar-refractivity contribution >= 4 is 11.6 Å². The Balaban J connectivity index is 2.29. The smallest absolute Gasteiger partial charge is 0.337 e. The summed E-state index contributed by atoms with van der Waals surface area (Å²) in [6.45, 7) is 1.92. The molecule has 1 saturated carbocycles. The highest BCUT2D eigenvalue weighted by atomic mass is 16.4. The highest BCUT2D eigenvalue weighted by Gasteiger charge is 2.27. The maximum Gasteiger partial charge on any atom is 0.337 e. The molecule has 1 N–H and O–H groups in total. The summed E-state index contributed by atoms with van der Waals surface area (Å²) in [6, 6.07) is 1.77. The lowest BCUT2D eigenvalue weighted by Crippen LogP contribution is -2.01. The molecule has 2 aromatic heterocycles. The molecule has 0 saturated heterocycles.